The lowest BCUT2D eigenvalue weighted by molar-refractivity contribution is 0.0653. The Morgan fingerprint density at radius 3 is 2.00 bits per heavy atom. The van der Waals surface area contributed by atoms with Gasteiger partial charge in [0.15, 0.2) is 0 Å². The van der Waals surface area contributed by atoms with Crippen LogP contribution in [0.5, 0.6) is 0 Å². The second-order valence-electron chi connectivity index (χ2n) is 2.83. The van der Waals surface area contributed by atoms with E-state index in [0.29, 0.717) is 12.0 Å². The van der Waals surface area contributed by atoms with Crippen molar-refractivity contribution in [2.24, 2.45) is 5.92 Å². The zero-order valence-corrected chi connectivity index (χ0v) is 9.48. The molecule has 12 heavy (non-hydrogen) atoms. The van der Waals surface area contributed by atoms with Crippen LogP contribution in [-0.2, 0) is 4.74 Å². The molecule has 2 nitrogen and oxygen atoms in total. The van der Waals surface area contributed by atoms with Crippen molar-refractivity contribution in [3.63, 3.8) is 0 Å². The molecule has 0 fully saturated rings. The van der Waals surface area contributed by atoms with E-state index in [1.165, 1.54) is 0 Å². The van der Waals surface area contributed by atoms with Gasteiger partial charge in [-0.1, -0.05) is 34.6 Å². The van der Waals surface area contributed by atoms with Crippen molar-refractivity contribution in [3.8, 4) is 0 Å². The van der Waals surface area contributed by atoms with E-state index in [2.05, 4.69) is 26.1 Å². The lowest BCUT2D eigenvalue weighted by atomic mass is 10.1. The summed E-state index contributed by atoms with van der Waals surface area (Å²) in [4.78, 5) is 0. The highest BCUT2D eigenvalue weighted by Gasteiger charge is 2.09. The fourth-order valence-corrected chi connectivity index (χ4v) is 0.878. The van der Waals surface area contributed by atoms with Gasteiger partial charge in [-0.3, -0.25) is 0 Å². The Morgan fingerprint density at radius 1 is 1.25 bits per heavy atom. The third-order valence-electron chi connectivity index (χ3n) is 1.64. The van der Waals surface area contributed by atoms with Crippen molar-refractivity contribution in [1.82, 2.24) is 5.32 Å². The molecule has 0 rings (SSSR count). The Morgan fingerprint density at radius 2 is 1.75 bits per heavy atom. The monoisotopic (exact) mass is 175 g/mol. The van der Waals surface area contributed by atoms with Crippen LogP contribution in [0.3, 0.4) is 0 Å². The average molecular weight is 175 g/mol. The highest BCUT2D eigenvalue weighted by Crippen LogP contribution is 2.03. The van der Waals surface area contributed by atoms with Crippen LogP contribution in [0.2, 0.25) is 0 Å². The number of likely N-dealkylation sites (N-methyl/N-ethyl adjacent to an activating group) is 1. The van der Waals surface area contributed by atoms with Gasteiger partial charge in [0.25, 0.3) is 0 Å². The van der Waals surface area contributed by atoms with Crippen molar-refractivity contribution in [2.45, 2.75) is 40.7 Å². The van der Waals surface area contributed by atoms with E-state index in [-0.39, 0.29) is 0 Å². The molecule has 0 aliphatic heterocycles. The largest absolute Gasteiger partial charge is 0.380 e. The van der Waals surface area contributed by atoms with Crippen LogP contribution in [0.25, 0.3) is 0 Å². The van der Waals surface area contributed by atoms with Gasteiger partial charge in [0.2, 0.25) is 0 Å². The molecule has 0 spiro atoms. The molecule has 0 radical (unpaired) electrons. The van der Waals surface area contributed by atoms with Gasteiger partial charge in [0.1, 0.15) is 0 Å². The number of hydrogen-bond acceptors (Lipinski definition) is 2. The number of rotatable bonds is 5. The number of ether oxygens (including phenoxy) is 1. The maximum Gasteiger partial charge on any atom is 0.0718 e. The van der Waals surface area contributed by atoms with E-state index in [4.69, 9.17) is 4.74 Å². The molecule has 76 valence electrons. The summed E-state index contributed by atoms with van der Waals surface area (Å²) in [6.07, 6.45) is 0.361. The first-order chi connectivity index (χ1) is 5.72. The molecular weight excluding hydrogens is 150 g/mol. The third kappa shape index (κ3) is 8.02. The summed E-state index contributed by atoms with van der Waals surface area (Å²) in [6, 6.07) is 0. The summed E-state index contributed by atoms with van der Waals surface area (Å²) in [5, 5.41) is 3.26. The molecule has 0 saturated heterocycles. The molecule has 0 bridgehead atoms. The Balaban J connectivity index is 0. The number of nitrogens with one attached hydrogen (secondary N) is 1. The van der Waals surface area contributed by atoms with Gasteiger partial charge in [0.05, 0.1) is 6.10 Å². The highest BCUT2D eigenvalue weighted by molar-refractivity contribution is 4.63. The lowest BCUT2D eigenvalue weighted by Crippen LogP contribution is -2.32. The smallest absolute Gasteiger partial charge is 0.0718 e. The van der Waals surface area contributed by atoms with Gasteiger partial charge in [-0.15, -0.1) is 0 Å². The topological polar surface area (TPSA) is 21.3 Å². The van der Waals surface area contributed by atoms with E-state index < -0.39 is 0 Å². The standard InChI is InChI=1S/C8H19NO.C2H6/c1-5-9-6-8(10-4)7(2)3;1-2/h7-9H,5-6H2,1-4H3;1-2H3. The van der Waals surface area contributed by atoms with Crippen molar-refractivity contribution < 1.29 is 4.74 Å². The third-order valence-corrected chi connectivity index (χ3v) is 1.64. The first-order valence-electron chi connectivity index (χ1n) is 4.95. The SMILES string of the molecule is CC.CCNCC(OC)C(C)C. The van der Waals surface area contributed by atoms with Crippen molar-refractivity contribution >= 4 is 0 Å². The van der Waals surface area contributed by atoms with Gasteiger partial charge in [-0.05, 0) is 12.5 Å². The van der Waals surface area contributed by atoms with E-state index >= 15 is 0 Å². The quantitative estimate of drug-likeness (QED) is 0.692. The highest BCUT2D eigenvalue weighted by atomic mass is 16.5. The van der Waals surface area contributed by atoms with Gasteiger partial charge >= 0.3 is 0 Å². The summed E-state index contributed by atoms with van der Waals surface area (Å²) in [7, 11) is 1.77. The first kappa shape index (κ1) is 14.4. The van der Waals surface area contributed by atoms with Gasteiger partial charge in [-0.2, -0.15) is 0 Å². The normalized spacial score (nSPS) is 12.2. The molecule has 1 unspecified atom stereocenters. The molecule has 1 atom stereocenters. The Labute approximate surface area is 77.7 Å². The van der Waals surface area contributed by atoms with Crippen LogP contribution in [0.4, 0.5) is 0 Å². The summed E-state index contributed by atoms with van der Waals surface area (Å²) in [6.45, 7) is 12.4. The molecule has 0 aliphatic rings. The van der Waals surface area contributed by atoms with E-state index in [0.717, 1.165) is 13.1 Å². The summed E-state index contributed by atoms with van der Waals surface area (Å²) in [5.41, 5.74) is 0. The molecule has 0 aromatic carbocycles. The van der Waals surface area contributed by atoms with Crippen LogP contribution in [0.1, 0.15) is 34.6 Å². The molecule has 0 aliphatic carbocycles. The predicted molar refractivity (Wildman–Crippen MR) is 55.5 cm³/mol. The van der Waals surface area contributed by atoms with Gasteiger partial charge in [0, 0.05) is 13.7 Å². The minimum atomic E-state index is 0.361. The van der Waals surface area contributed by atoms with E-state index in [9.17, 15) is 0 Å². The minimum Gasteiger partial charge on any atom is -0.380 e. The molecule has 0 amide bonds. The van der Waals surface area contributed by atoms with Crippen molar-refractivity contribution in [1.29, 1.82) is 0 Å². The number of hydrogen-bond donors (Lipinski definition) is 1. The van der Waals surface area contributed by atoms with Crippen LogP contribution < -0.4 is 5.32 Å². The molecule has 2 heteroatoms. The maximum absolute atomic E-state index is 5.25. The number of methoxy groups -OCH3 is 1. The van der Waals surface area contributed by atoms with E-state index in [1.807, 2.05) is 13.8 Å². The van der Waals surface area contributed by atoms with Crippen LogP contribution >= 0.6 is 0 Å². The molecular formula is C10H25NO. The summed E-state index contributed by atoms with van der Waals surface area (Å²) >= 11 is 0. The van der Waals surface area contributed by atoms with Crippen molar-refractivity contribution in [2.75, 3.05) is 20.2 Å². The average Bonchev–Trinajstić information content (AvgIpc) is 2.09. The predicted octanol–water partition coefficient (Wildman–Crippen LogP) is 2.29. The molecule has 1 N–H and O–H groups in total. The zero-order valence-electron chi connectivity index (χ0n) is 9.48. The minimum absolute atomic E-state index is 0.361. The second-order valence-corrected chi connectivity index (χ2v) is 2.83. The molecule has 0 heterocycles. The van der Waals surface area contributed by atoms with Crippen molar-refractivity contribution in [3.05, 3.63) is 0 Å². The molecule has 0 aromatic rings. The van der Waals surface area contributed by atoms with Crippen LogP contribution in [-0.4, -0.2) is 26.3 Å². The Kier molecular flexibility index (Phi) is 13.1. The summed E-state index contributed by atoms with van der Waals surface area (Å²) < 4.78 is 5.25. The maximum atomic E-state index is 5.25. The van der Waals surface area contributed by atoms with Crippen LogP contribution in [0, 0.1) is 5.92 Å². The van der Waals surface area contributed by atoms with Crippen LogP contribution in [0.15, 0.2) is 0 Å². The summed E-state index contributed by atoms with van der Waals surface area (Å²) in [5.74, 6) is 0.601. The van der Waals surface area contributed by atoms with Gasteiger partial charge in [-0.25, -0.2) is 0 Å². The molecule has 0 aromatic heterocycles. The molecule has 0 saturated carbocycles. The Hall–Kier alpha value is -0.0800. The Bertz CT molecular complexity index is 74.2. The van der Waals surface area contributed by atoms with E-state index in [1.54, 1.807) is 7.11 Å². The zero-order chi connectivity index (χ0) is 9.98. The fraction of sp³-hybridized carbons (Fsp3) is 1.00. The first-order valence-corrected chi connectivity index (χ1v) is 4.95. The fourth-order valence-electron chi connectivity index (χ4n) is 0.878. The lowest BCUT2D eigenvalue weighted by Gasteiger charge is -2.18. The second kappa shape index (κ2) is 10.9. The van der Waals surface area contributed by atoms with Gasteiger partial charge < -0.3 is 10.1 Å².